The standard InChI is InChI=1S/C14H23N3O2/c1-18-14(9-3-2-4-10-14)11-16-12(19-17-11)13(15)7-5-6-8-13/h2-10,15H2,1H3. The molecule has 1 heterocycles. The van der Waals surface area contributed by atoms with E-state index in [0.29, 0.717) is 11.7 Å². The van der Waals surface area contributed by atoms with E-state index in [0.717, 1.165) is 51.4 Å². The summed E-state index contributed by atoms with van der Waals surface area (Å²) in [7, 11) is 1.75. The molecule has 1 aromatic heterocycles. The molecule has 0 aromatic carbocycles. The Labute approximate surface area is 113 Å². The molecule has 0 amide bonds. The summed E-state index contributed by atoms with van der Waals surface area (Å²) in [5.74, 6) is 1.29. The Morgan fingerprint density at radius 1 is 1.05 bits per heavy atom. The maximum Gasteiger partial charge on any atom is 0.246 e. The van der Waals surface area contributed by atoms with Gasteiger partial charge >= 0.3 is 0 Å². The monoisotopic (exact) mass is 265 g/mol. The first-order chi connectivity index (χ1) is 9.19. The summed E-state index contributed by atoms with van der Waals surface area (Å²) in [5, 5.41) is 4.18. The number of rotatable bonds is 3. The molecule has 2 N–H and O–H groups in total. The van der Waals surface area contributed by atoms with Crippen molar-refractivity contribution in [2.75, 3.05) is 7.11 Å². The molecule has 0 unspecified atom stereocenters. The van der Waals surface area contributed by atoms with Gasteiger partial charge in [0.1, 0.15) is 5.60 Å². The molecule has 0 spiro atoms. The van der Waals surface area contributed by atoms with Crippen LogP contribution >= 0.6 is 0 Å². The Hall–Kier alpha value is -0.940. The SMILES string of the molecule is COC1(c2noc(C3(N)CCCC3)n2)CCCCC1. The number of nitrogens with zero attached hydrogens (tertiary/aromatic N) is 2. The van der Waals surface area contributed by atoms with Crippen LogP contribution in [0.4, 0.5) is 0 Å². The van der Waals surface area contributed by atoms with Gasteiger partial charge in [0.25, 0.3) is 0 Å². The molecule has 3 rings (SSSR count). The van der Waals surface area contributed by atoms with E-state index in [1.807, 2.05) is 0 Å². The van der Waals surface area contributed by atoms with Crippen molar-refractivity contribution in [3.05, 3.63) is 11.7 Å². The van der Waals surface area contributed by atoms with E-state index in [1.165, 1.54) is 6.42 Å². The molecule has 106 valence electrons. The van der Waals surface area contributed by atoms with Gasteiger partial charge < -0.3 is 15.0 Å². The van der Waals surface area contributed by atoms with Crippen molar-refractivity contribution < 1.29 is 9.26 Å². The van der Waals surface area contributed by atoms with Crippen LogP contribution in [0.25, 0.3) is 0 Å². The van der Waals surface area contributed by atoms with Crippen LogP contribution in [0, 0.1) is 0 Å². The van der Waals surface area contributed by atoms with Gasteiger partial charge in [0, 0.05) is 7.11 Å². The average Bonchev–Trinajstić information content (AvgIpc) is 3.09. The van der Waals surface area contributed by atoms with E-state index in [9.17, 15) is 0 Å². The predicted molar refractivity (Wildman–Crippen MR) is 70.4 cm³/mol. The summed E-state index contributed by atoms with van der Waals surface area (Å²) in [6, 6.07) is 0. The van der Waals surface area contributed by atoms with Gasteiger partial charge in [0.15, 0.2) is 0 Å². The van der Waals surface area contributed by atoms with Gasteiger partial charge in [-0.3, -0.25) is 0 Å². The molecule has 0 bridgehead atoms. The first-order valence-electron chi connectivity index (χ1n) is 7.37. The Morgan fingerprint density at radius 2 is 1.68 bits per heavy atom. The Bertz CT molecular complexity index is 432. The van der Waals surface area contributed by atoms with Gasteiger partial charge in [-0.25, -0.2) is 0 Å². The first-order valence-corrected chi connectivity index (χ1v) is 7.37. The van der Waals surface area contributed by atoms with E-state index in [2.05, 4.69) is 10.1 Å². The quantitative estimate of drug-likeness (QED) is 0.909. The van der Waals surface area contributed by atoms with Gasteiger partial charge in [0.2, 0.25) is 11.7 Å². The van der Waals surface area contributed by atoms with E-state index in [4.69, 9.17) is 15.0 Å². The highest BCUT2D eigenvalue weighted by molar-refractivity contribution is 5.09. The number of methoxy groups -OCH3 is 1. The van der Waals surface area contributed by atoms with Crippen LogP contribution in [0.2, 0.25) is 0 Å². The third-order valence-corrected chi connectivity index (χ3v) is 4.81. The number of aromatic nitrogens is 2. The van der Waals surface area contributed by atoms with E-state index in [-0.39, 0.29) is 5.60 Å². The molecule has 0 saturated heterocycles. The highest BCUT2D eigenvalue weighted by Gasteiger charge is 2.42. The molecule has 1 aromatic rings. The minimum atomic E-state index is -0.408. The summed E-state index contributed by atoms with van der Waals surface area (Å²) in [6.45, 7) is 0. The molecule has 2 saturated carbocycles. The fourth-order valence-electron chi connectivity index (χ4n) is 3.47. The van der Waals surface area contributed by atoms with E-state index in [1.54, 1.807) is 7.11 Å². The molecule has 5 heteroatoms. The normalized spacial score (nSPS) is 25.6. The number of hydrogen-bond acceptors (Lipinski definition) is 5. The molecule has 5 nitrogen and oxygen atoms in total. The topological polar surface area (TPSA) is 74.2 Å². The molecular formula is C14H23N3O2. The molecule has 0 radical (unpaired) electrons. The maximum atomic E-state index is 6.37. The highest BCUT2D eigenvalue weighted by atomic mass is 16.5. The van der Waals surface area contributed by atoms with Crippen molar-refractivity contribution in [3.63, 3.8) is 0 Å². The van der Waals surface area contributed by atoms with Gasteiger partial charge in [0.05, 0.1) is 5.54 Å². The third-order valence-electron chi connectivity index (χ3n) is 4.81. The van der Waals surface area contributed by atoms with Crippen LogP contribution in [0.3, 0.4) is 0 Å². The summed E-state index contributed by atoms with van der Waals surface area (Å²) in [6.07, 6.45) is 9.68. The summed E-state index contributed by atoms with van der Waals surface area (Å²) >= 11 is 0. The zero-order valence-corrected chi connectivity index (χ0v) is 11.7. The second kappa shape index (κ2) is 4.87. The van der Waals surface area contributed by atoms with Crippen molar-refractivity contribution in [3.8, 4) is 0 Å². The fourth-order valence-corrected chi connectivity index (χ4v) is 3.47. The highest BCUT2D eigenvalue weighted by Crippen LogP contribution is 2.40. The molecule has 2 aliphatic rings. The number of ether oxygens (including phenoxy) is 1. The van der Waals surface area contributed by atoms with Gasteiger partial charge in [-0.15, -0.1) is 0 Å². The zero-order valence-electron chi connectivity index (χ0n) is 11.7. The molecule has 2 aliphatic carbocycles. The Balaban J connectivity index is 1.87. The summed E-state index contributed by atoms with van der Waals surface area (Å²) in [5.41, 5.74) is 5.61. The van der Waals surface area contributed by atoms with Crippen molar-refractivity contribution in [1.82, 2.24) is 10.1 Å². The lowest BCUT2D eigenvalue weighted by molar-refractivity contribution is -0.0527. The van der Waals surface area contributed by atoms with Crippen LogP contribution in [0.5, 0.6) is 0 Å². The lowest BCUT2D eigenvalue weighted by Gasteiger charge is -2.32. The maximum absolute atomic E-state index is 6.37. The lowest BCUT2D eigenvalue weighted by atomic mass is 9.84. The van der Waals surface area contributed by atoms with Crippen molar-refractivity contribution in [2.24, 2.45) is 5.73 Å². The summed E-state index contributed by atoms with van der Waals surface area (Å²) < 4.78 is 11.2. The smallest absolute Gasteiger partial charge is 0.246 e. The van der Waals surface area contributed by atoms with Crippen LogP contribution in [-0.2, 0) is 15.9 Å². The third kappa shape index (κ3) is 2.19. The second-order valence-corrected chi connectivity index (χ2v) is 6.05. The molecule has 19 heavy (non-hydrogen) atoms. The number of nitrogens with two attached hydrogens (primary N) is 1. The van der Waals surface area contributed by atoms with Gasteiger partial charge in [-0.05, 0) is 25.7 Å². The largest absolute Gasteiger partial charge is 0.370 e. The van der Waals surface area contributed by atoms with Gasteiger partial charge in [-0.1, -0.05) is 37.3 Å². The lowest BCUT2D eigenvalue weighted by Crippen LogP contribution is -2.35. The first kappa shape index (κ1) is 13.1. The van der Waals surface area contributed by atoms with Crippen molar-refractivity contribution in [2.45, 2.75) is 68.9 Å². The fraction of sp³-hybridized carbons (Fsp3) is 0.857. The average molecular weight is 265 g/mol. The zero-order chi connectivity index (χ0) is 13.3. The second-order valence-electron chi connectivity index (χ2n) is 6.05. The van der Waals surface area contributed by atoms with Crippen LogP contribution in [-0.4, -0.2) is 17.3 Å². The predicted octanol–water partition coefficient (Wildman–Crippen LogP) is 2.60. The molecule has 0 atom stereocenters. The Morgan fingerprint density at radius 3 is 2.32 bits per heavy atom. The van der Waals surface area contributed by atoms with Crippen molar-refractivity contribution >= 4 is 0 Å². The minimum absolute atomic E-state index is 0.352. The molecule has 2 fully saturated rings. The van der Waals surface area contributed by atoms with E-state index >= 15 is 0 Å². The van der Waals surface area contributed by atoms with E-state index < -0.39 is 5.54 Å². The van der Waals surface area contributed by atoms with Crippen LogP contribution in [0.15, 0.2) is 4.52 Å². The number of hydrogen-bond donors (Lipinski definition) is 1. The minimum Gasteiger partial charge on any atom is -0.370 e. The Kier molecular flexibility index (Phi) is 3.35. The molecule has 0 aliphatic heterocycles. The summed E-state index contributed by atoms with van der Waals surface area (Å²) in [4.78, 5) is 4.60. The van der Waals surface area contributed by atoms with Gasteiger partial charge in [-0.2, -0.15) is 4.98 Å². The van der Waals surface area contributed by atoms with Crippen molar-refractivity contribution in [1.29, 1.82) is 0 Å². The van der Waals surface area contributed by atoms with Crippen LogP contribution in [0.1, 0.15) is 69.5 Å². The van der Waals surface area contributed by atoms with Crippen LogP contribution < -0.4 is 5.73 Å². The molecular weight excluding hydrogens is 242 g/mol.